The molecule has 2 heterocycles. The standard InChI is InChI=1S/C49H40OS/c1-3-5-29-49(38-25-28-47-42(32-38)41-22-14-21-40(48(41)51-47)39-20-13-12-15-33(39)4-2)43-30-36(34-16-8-6-9-17-34)23-26-45(43)50-46-27-24-37(31-44(46)49)35-18-10-7-11-19-35/h6-28,30-32H,3-5,29H2,1-2H3. The van der Waals surface area contributed by atoms with Gasteiger partial charge in [0.05, 0.1) is 5.41 Å². The summed E-state index contributed by atoms with van der Waals surface area (Å²) in [7, 11) is 0. The zero-order valence-electron chi connectivity index (χ0n) is 29.2. The fraction of sp³-hybridized carbons (Fsp3) is 0.143. The Bertz CT molecular complexity index is 2440. The highest BCUT2D eigenvalue weighted by atomic mass is 32.1. The van der Waals surface area contributed by atoms with Crippen molar-refractivity contribution in [3.8, 4) is 44.9 Å². The average Bonchev–Trinajstić information content (AvgIpc) is 3.58. The highest BCUT2D eigenvalue weighted by molar-refractivity contribution is 7.26. The van der Waals surface area contributed by atoms with Crippen LogP contribution in [0, 0.1) is 0 Å². The van der Waals surface area contributed by atoms with Crippen LogP contribution in [0.3, 0.4) is 0 Å². The largest absolute Gasteiger partial charge is 0.457 e. The smallest absolute Gasteiger partial charge is 0.131 e. The third-order valence-electron chi connectivity index (χ3n) is 10.9. The summed E-state index contributed by atoms with van der Waals surface area (Å²) in [5.41, 5.74) is 12.3. The van der Waals surface area contributed by atoms with E-state index in [1.165, 1.54) is 75.8 Å². The molecule has 1 nitrogen and oxygen atoms in total. The Kier molecular flexibility index (Phi) is 8.06. The van der Waals surface area contributed by atoms with Gasteiger partial charge in [-0.2, -0.15) is 0 Å². The number of ether oxygens (including phenoxy) is 1. The highest BCUT2D eigenvalue weighted by Gasteiger charge is 2.44. The minimum atomic E-state index is -0.413. The summed E-state index contributed by atoms with van der Waals surface area (Å²) in [5, 5.41) is 2.65. The van der Waals surface area contributed by atoms with Gasteiger partial charge < -0.3 is 4.74 Å². The van der Waals surface area contributed by atoms with E-state index in [2.05, 4.69) is 172 Å². The predicted octanol–water partition coefficient (Wildman–Crippen LogP) is 14.2. The summed E-state index contributed by atoms with van der Waals surface area (Å²) in [6.07, 6.45) is 4.18. The maximum absolute atomic E-state index is 6.85. The number of rotatable bonds is 8. The van der Waals surface area contributed by atoms with Gasteiger partial charge in [0, 0.05) is 31.3 Å². The molecule has 0 spiro atoms. The molecule has 0 aliphatic carbocycles. The Morgan fingerprint density at radius 1 is 0.529 bits per heavy atom. The minimum Gasteiger partial charge on any atom is -0.457 e. The quantitative estimate of drug-likeness (QED) is 0.156. The van der Waals surface area contributed by atoms with Gasteiger partial charge in [-0.15, -0.1) is 11.3 Å². The first-order valence-corrected chi connectivity index (χ1v) is 19.1. The van der Waals surface area contributed by atoms with E-state index in [9.17, 15) is 0 Å². The Balaban J connectivity index is 1.33. The molecule has 0 bridgehead atoms. The normalized spacial score (nSPS) is 13.1. The molecule has 2 heteroatoms. The van der Waals surface area contributed by atoms with Gasteiger partial charge in [-0.05, 0) is 93.7 Å². The molecule has 0 fully saturated rings. The molecule has 248 valence electrons. The number of unbranched alkanes of at least 4 members (excludes halogenated alkanes) is 1. The van der Waals surface area contributed by atoms with Crippen LogP contribution in [-0.4, -0.2) is 0 Å². The van der Waals surface area contributed by atoms with Crippen LogP contribution in [-0.2, 0) is 11.8 Å². The van der Waals surface area contributed by atoms with Crippen molar-refractivity contribution in [1.82, 2.24) is 0 Å². The van der Waals surface area contributed by atoms with Crippen molar-refractivity contribution in [2.75, 3.05) is 0 Å². The van der Waals surface area contributed by atoms with E-state index in [4.69, 9.17) is 4.74 Å². The first kappa shape index (κ1) is 31.5. The average molecular weight is 677 g/mol. The van der Waals surface area contributed by atoms with Crippen molar-refractivity contribution >= 4 is 31.5 Å². The molecule has 0 atom stereocenters. The van der Waals surface area contributed by atoms with Crippen LogP contribution < -0.4 is 4.74 Å². The lowest BCUT2D eigenvalue weighted by Gasteiger charge is -2.42. The molecule has 51 heavy (non-hydrogen) atoms. The molecule has 1 aromatic heterocycles. The summed E-state index contributed by atoms with van der Waals surface area (Å²) in [5.74, 6) is 1.89. The molecule has 7 aromatic carbocycles. The predicted molar refractivity (Wildman–Crippen MR) is 217 cm³/mol. The van der Waals surface area contributed by atoms with E-state index in [-0.39, 0.29) is 0 Å². The summed E-state index contributed by atoms with van der Waals surface area (Å²) >= 11 is 1.92. The van der Waals surface area contributed by atoms with Gasteiger partial charge >= 0.3 is 0 Å². The molecule has 0 radical (unpaired) electrons. The van der Waals surface area contributed by atoms with Crippen LogP contribution in [0.25, 0.3) is 53.6 Å². The SMILES string of the molecule is CCCCC1(c2ccc3sc4c(-c5ccccc5CC)cccc4c3c2)c2cc(-c3ccccc3)ccc2Oc2ccc(-c3ccccc3)cc21. The maximum Gasteiger partial charge on any atom is 0.131 e. The minimum absolute atomic E-state index is 0.413. The van der Waals surface area contributed by atoms with Gasteiger partial charge in [0.1, 0.15) is 11.5 Å². The number of aryl methyl sites for hydroxylation is 1. The number of hydrogen-bond acceptors (Lipinski definition) is 2. The molecule has 0 amide bonds. The van der Waals surface area contributed by atoms with E-state index in [1.54, 1.807) is 0 Å². The summed E-state index contributed by atoms with van der Waals surface area (Å²) in [6, 6.07) is 58.2. The van der Waals surface area contributed by atoms with E-state index < -0.39 is 5.41 Å². The lowest BCUT2D eigenvalue weighted by molar-refractivity contribution is 0.401. The highest BCUT2D eigenvalue weighted by Crippen LogP contribution is 2.56. The Morgan fingerprint density at radius 3 is 1.80 bits per heavy atom. The Morgan fingerprint density at radius 2 is 1.16 bits per heavy atom. The molecule has 1 aliphatic rings. The van der Waals surface area contributed by atoms with Crippen molar-refractivity contribution in [3.05, 3.63) is 180 Å². The lowest BCUT2D eigenvalue weighted by atomic mass is 9.64. The van der Waals surface area contributed by atoms with Gasteiger partial charge in [0.25, 0.3) is 0 Å². The molecule has 8 aromatic rings. The van der Waals surface area contributed by atoms with Crippen molar-refractivity contribution in [2.45, 2.75) is 44.9 Å². The second-order valence-electron chi connectivity index (χ2n) is 13.8. The number of thiophene rings is 1. The fourth-order valence-electron chi connectivity index (χ4n) is 8.32. The third-order valence-corrected chi connectivity index (χ3v) is 12.1. The van der Waals surface area contributed by atoms with Gasteiger partial charge in [0.2, 0.25) is 0 Å². The van der Waals surface area contributed by atoms with E-state index in [1.807, 2.05) is 11.3 Å². The topological polar surface area (TPSA) is 9.23 Å². The molecule has 0 saturated carbocycles. The van der Waals surface area contributed by atoms with Crippen LogP contribution in [0.2, 0.25) is 0 Å². The Hall–Kier alpha value is -5.44. The van der Waals surface area contributed by atoms with Crippen LogP contribution in [0.15, 0.2) is 158 Å². The second-order valence-corrected chi connectivity index (χ2v) is 14.8. The van der Waals surface area contributed by atoms with Gasteiger partial charge in [-0.3, -0.25) is 0 Å². The first-order chi connectivity index (χ1) is 25.2. The Labute approximate surface area is 304 Å². The fourth-order valence-corrected chi connectivity index (χ4v) is 9.53. The van der Waals surface area contributed by atoms with E-state index >= 15 is 0 Å². The van der Waals surface area contributed by atoms with Crippen LogP contribution in [0.1, 0.15) is 55.4 Å². The van der Waals surface area contributed by atoms with E-state index in [0.717, 1.165) is 37.2 Å². The summed E-state index contributed by atoms with van der Waals surface area (Å²) in [4.78, 5) is 0. The molecule has 0 N–H and O–H groups in total. The van der Waals surface area contributed by atoms with Crippen LogP contribution in [0.4, 0.5) is 0 Å². The van der Waals surface area contributed by atoms with Gasteiger partial charge in [-0.1, -0.05) is 148 Å². The first-order valence-electron chi connectivity index (χ1n) is 18.3. The van der Waals surface area contributed by atoms with Gasteiger partial charge in [-0.25, -0.2) is 0 Å². The molecule has 0 saturated heterocycles. The monoisotopic (exact) mass is 676 g/mol. The van der Waals surface area contributed by atoms with Crippen molar-refractivity contribution in [2.24, 2.45) is 0 Å². The van der Waals surface area contributed by atoms with Crippen molar-refractivity contribution < 1.29 is 4.74 Å². The number of fused-ring (bicyclic) bond motifs is 5. The lowest BCUT2D eigenvalue weighted by Crippen LogP contribution is -2.33. The summed E-state index contributed by atoms with van der Waals surface area (Å²) in [6.45, 7) is 4.56. The van der Waals surface area contributed by atoms with Crippen LogP contribution in [0.5, 0.6) is 11.5 Å². The number of hydrogen-bond donors (Lipinski definition) is 0. The molecular formula is C49H40OS. The van der Waals surface area contributed by atoms with Gasteiger partial charge in [0.15, 0.2) is 0 Å². The zero-order valence-corrected chi connectivity index (χ0v) is 30.0. The van der Waals surface area contributed by atoms with Crippen molar-refractivity contribution in [1.29, 1.82) is 0 Å². The molecule has 9 rings (SSSR count). The number of benzene rings is 7. The summed E-state index contributed by atoms with van der Waals surface area (Å²) < 4.78 is 9.53. The second kappa shape index (κ2) is 13.0. The zero-order chi connectivity index (χ0) is 34.4. The molecule has 0 unspecified atom stereocenters. The van der Waals surface area contributed by atoms with E-state index in [0.29, 0.717) is 0 Å². The third kappa shape index (κ3) is 5.29. The van der Waals surface area contributed by atoms with Crippen LogP contribution >= 0.6 is 11.3 Å². The molecule has 1 aliphatic heterocycles. The van der Waals surface area contributed by atoms with Crippen molar-refractivity contribution in [3.63, 3.8) is 0 Å². The maximum atomic E-state index is 6.85. The molecular weight excluding hydrogens is 637 g/mol.